The molecule has 0 aromatic heterocycles. The second-order valence-electron chi connectivity index (χ2n) is 18.9. The minimum Gasteiger partial charge on any atom is -0.392 e. The average Bonchev–Trinajstić information content (AvgIpc) is 4.08. The van der Waals surface area contributed by atoms with Crippen LogP contribution in [0.1, 0.15) is 73.2 Å². The van der Waals surface area contributed by atoms with Gasteiger partial charge in [-0.1, -0.05) is 124 Å². The summed E-state index contributed by atoms with van der Waals surface area (Å²) in [5, 5.41) is 59.7. The SMILES string of the molecule is C.C.CO[C@@H]1Cc2ccccc2[C@@H]1NC(=O)[C@H](Cc1ccccc1)C[C@H](O)CNS(=O)(=O)c1ccc([N+](=O)[O-])cc1.O=C(N[C@H]1c2ccccc2C[C@H]1O)[C@H](Cc1ccccc1)C[C@H](O)CNS(=O)(=O)c1ccc([N+](=O)[O-])cc1. The number of amides is 2. The van der Waals surface area contributed by atoms with Gasteiger partial charge in [0.15, 0.2) is 0 Å². The summed E-state index contributed by atoms with van der Waals surface area (Å²) in [4.78, 5) is 47.0. The standard InChI is InChI=1S/C28H31N3O7S.C27H29N3O7S.2CH4/c1-38-26-17-20-9-5-6-10-25(20)27(26)30-28(33)21(15-19-7-3-2-4-8-19)16-23(32)18-29-39(36,37)24-13-11-22(12-14-24)31(34)35;31-22(17-28-38(36,37)23-12-10-21(11-13-23)30(34)35)15-20(14-18-6-2-1-3-7-18)27(33)29-26-24-9-5-4-8-19(24)16-25(26)32;;/h2-14,21,23,26-27,29,32H,15-18H2,1H3,(H,30,33);1-13,20,22,25-26,28,31-32H,14-17H2,(H,29,33);2*1H4/t21-,23+,26-,27+;20-,22+,25-,26+;;/m11../s1. The minimum absolute atomic E-state index is 0. The molecule has 22 heteroatoms. The predicted molar refractivity (Wildman–Crippen MR) is 297 cm³/mol. The Balaban J connectivity index is 0.000000284. The van der Waals surface area contributed by atoms with Crippen LogP contribution in [0.25, 0.3) is 0 Å². The number of carbonyl (C=O) groups is 2. The van der Waals surface area contributed by atoms with E-state index in [0.29, 0.717) is 25.7 Å². The van der Waals surface area contributed by atoms with Crippen molar-refractivity contribution in [1.29, 1.82) is 0 Å². The molecule has 6 aromatic rings. The van der Waals surface area contributed by atoms with Gasteiger partial charge in [0.2, 0.25) is 31.9 Å². The van der Waals surface area contributed by atoms with E-state index in [1.165, 1.54) is 0 Å². The molecule has 2 aliphatic carbocycles. The number of non-ortho nitro benzene ring substituents is 2. The molecule has 0 unspecified atom stereocenters. The number of hydrogen-bond acceptors (Lipinski definition) is 14. The summed E-state index contributed by atoms with van der Waals surface area (Å²) in [7, 11) is -6.45. The van der Waals surface area contributed by atoms with Crippen molar-refractivity contribution in [2.45, 2.75) is 99.7 Å². The molecule has 0 aliphatic heterocycles. The number of ether oxygens (including phenoxy) is 1. The van der Waals surface area contributed by atoms with Gasteiger partial charge < -0.3 is 30.7 Å². The summed E-state index contributed by atoms with van der Waals surface area (Å²) >= 11 is 0. The normalized spacial score (nSPS) is 17.8. The molecular formula is C57H68N6O14S2. The molecule has 0 saturated heterocycles. The van der Waals surface area contributed by atoms with Crippen molar-refractivity contribution < 1.29 is 56.3 Å². The highest BCUT2D eigenvalue weighted by atomic mass is 32.2. The van der Waals surface area contributed by atoms with Gasteiger partial charge in [-0.2, -0.15) is 0 Å². The molecule has 79 heavy (non-hydrogen) atoms. The molecule has 0 saturated carbocycles. The number of nitro benzene ring substituents is 2. The third kappa shape index (κ3) is 16.9. The van der Waals surface area contributed by atoms with E-state index in [-0.39, 0.29) is 85.9 Å². The first kappa shape index (κ1) is 62.6. The number of nitro groups is 2. The summed E-state index contributed by atoms with van der Waals surface area (Å²) in [6.45, 7) is -0.683. The van der Waals surface area contributed by atoms with Crippen molar-refractivity contribution >= 4 is 43.2 Å². The average molecular weight is 1130 g/mol. The Bertz CT molecular complexity index is 3210. The number of methoxy groups -OCH3 is 1. The summed E-state index contributed by atoms with van der Waals surface area (Å²) in [6.07, 6.45) is -1.60. The Morgan fingerprint density at radius 1 is 0.570 bits per heavy atom. The second-order valence-corrected chi connectivity index (χ2v) is 22.4. The monoisotopic (exact) mass is 1120 g/mol. The lowest BCUT2D eigenvalue weighted by molar-refractivity contribution is -0.385. The molecule has 7 N–H and O–H groups in total. The molecule has 2 amide bonds. The smallest absolute Gasteiger partial charge is 0.269 e. The molecule has 0 spiro atoms. The number of benzene rings is 6. The van der Waals surface area contributed by atoms with Gasteiger partial charge >= 0.3 is 0 Å². The highest BCUT2D eigenvalue weighted by Crippen LogP contribution is 2.34. The van der Waals surface area contributed by atoms with Crippen LogP contribution in [0.15, 0.2) is 168 Å². The molecule has 0 radical (unpaired) electrons. The quantitative estimate of drug-likeness (QED) is 0.0268. The molecule has 8 rings (SSSR count). The van der Waals surface area contributed by atoms with Crippen LogP contribution in [0.4, 0.5) is 11.4 Å². The van der Waals surface area contributed by atoms with Crippen LogP contribution in [-0.2, 0) is 60.1 Å². The maximum absolute atomic E-state index is 13.5. The number of hydrogen-bond donors (Lipinski definition) is 7. The molecule has 0 fully saturated rings. The Kier molecular flexibility index (Phi) is 22.6. The van der Waals surface area contributed by atoms with Gasteiger partial charge in [0, 0.05) is 69.1 Å². The lowest BCUT2D eigenvalue weighted by atomic mass is 9.92. The highest BCUT2D eigenvalue weighted by Gasteiger charge is 2.37. The third-order valence-electron chi connectivity index (χ3n) is 13.5. The number of nitrogens with zero attached hydrogens (tertiary/aromatic N) is 2. The number of aliphatic hydroxyl groups excluding tert-OH is 3. The van der Waals surface area contributed by atoms with E-state index in [0.717, 1.165) is 81.9 Å². The summed E-state index contributed by atoms with van der Waals surface area (Å²) in [5.74, 6) is -1.96. The molecule has 8 atom stereocenters. The van der Waals surface area contributed by atoms with Crippen LogP contribution in [0.5, 0.6) is 0 Å². The van der Waals surface area contributed by atoms with E-state index >= 15 is 0 Å². The summed E-state index contributed by atoms with van der Waals surface area (Å²) in [6, 6.07) is 41.9. The first-order valence-electron chi connectivity index (χ1n) is 24.7. The fourth-order valence-corrected chi connectivity index (χ4v) is 11.6. The van der Waals surface area contributed by atoms with Crippen molar-refractivity contribution in [3.63, 3.8) is 0 Å². The van der Waals surface area contributed by atoms with Crippen molar-refractivity contribution in [2.75, 3.05) is 20.2 Å². The van der Waals surface area contributed by atoms with Gasteiger partial charge in [-0.3, -0.25) is 29.8 Å². The van der Waals surface area contributed by atoms with E-state index in [2.05, 4.69) is 20.1 Å². The van der Waals surface area contributed by atoms with E-state index < -0.39 is 66.1 Å². The molecule has 422 valence electrons. The minimum atomic E-state index is -4.04. The van der Waals surface area contributed by atoms with Crippen LogP contribution in [0, 0.1) is 32.1 Å². The maximum Gasteiger partial charge on any atom is 0.269 e. The topological polar surface area (TPSA) is 307 Å². The van der Waals surface area contributed by atoms with Crippen molar-refractivity contribution in [2.24, 2.45) is 11.8 Å². The number of fused-ring (bicyclic) bond motifs is 2. The largest absolute Gasteiger partial charge is 0.392 e. The molecule has 6 aromatic carbocycles. The van der Waals surface area contributed by atoms with Crippen LogP contribution in [-0.4, -0.2) is 98.4 Å². The number of aliphatic hydroxyl groups is 3. The number of sulfonamides is 2. The van der Waals surface area contributed by atoms with E-state index in [1.807, 2.05) is 109 Å². The van der Waals surface area contributed by atoms with Gasteiger partial charge in [0.05, 0.1) is 56.1 Å². The Labute approximate surface area is 460 Å². The van der Waals surface area contributed by atoms with Gasteiger partial charge in [-0.25, -0.2) is 26.3 Å². The molecule has 20 nitrogen and oxygen atoms in total. The highest BCUT2D eigenvalue weighted by molar-refractivity contribution is 7.89. The summed E-state index contributed by atoms with van der Waals surface area (Å²) < 4.78 is 60.8. The van der Waals surface area contributed by atoms with Gasteiger partial charge in [-0.05, 0) is 83.3 Å². The summed E-state index contributed by atoms with van der Waals surface area (Å²) in [5.41, 5.74) is 5.22. The second kappa shape index (κ2) is 28.6. The van der Waals surface area contributed by atoms with Gasteiger partial charge in [0.25, 0.3) is 11.4 Å². The Morgan fingerprint density at radius 3 is 1.34 bits per heavy atom. The molecule has 0 bridgehead atoms. The van der Waals surface area contributed by atoms with Crippen LogP contribution < -0.4 is 20.1 Å². The lowest BCUT2D eigenvalue weighted by Crippen LogP contribution is -2.41. The van der Waals surface area contributed by atoms with Crippen molar-refractivity contribution in [3.8, 4) is 0 Å². The van der Waals surface area contributed by atoms with Crippen molar-refractivity contribution in [1.82, 2.24) is 20.1 Å². The lowest BCUT2D eigenvalue weighted by Gasteiger charge is -2.25. The van der Waals surface area contributed by atoms with Gasteiger partial charge in [-0.15, -0.1) is 0 Å². The zero-order valence-corrected chi connectivity index (χ0v) is 43.5. The molecular weight excluding hydrogens is 1060 g/mol. The Hall–Kier alpha value is -7.28. The number of nitrogens with one attached hydrogen (secondary N) is 4. The fourth-order valence-electron chi connectivity index (χ4n) is 9.50. The Morgan fingerprint density at radius 2 is 0.937 bits per heavy atom. The first-order valence-corrected chi connectivity index (χ1v) is 27.7. The van der Waals surface area contributed by atoms with Gasteiger partial charge in [0.1, 0.15) is 0 Å². The molecule has 0 heterocycles. The maximum atomic E-state index is 13.5. The van der Waals surface area contributed by atoms with Crippen molar-refractivity contribution in [3.05, 3.63) is 211 Å². The number of carbonyl (C=O) groups excluding carboxylic acids is 2. The molecule has 2 aliphatic rings. The van der Waals surface area contributed by atoms with Crippen LogP contribution in [0.3, 0.4) is 0 Å². The van der Waals surface area contributed by atoms with E-state index in [9.17, 15) is 62.0 Å². The zero-order valence-electron chi connectivity index (χ0n) is 41.8. The third-order valence-corrected chi connectivity index (χ3v) is 16.4. The fraction of sp³-hybridized carbons (Fsp3) is 0.333. The van der Waals surface area contributed by atoms with E-state index in [1.54, 1.807) is 7.11 Å². The first-order chi connectivity index (χ1) is 36.8. The zero-order chi connectivity index (χ0) is 55.3. The predicted octanol–water partition coefficient (Wildman–Crippen LogP) is 6.44. The number of rotatable bonds is 23. The van der Waals surface area contributed by atoms with E-state index in [4.69, 9.17) is 4.74 Å². The van der Waals surface area contributed by atoms with Crippen LogP contribution >= 0.6 is 0 Å². The van der Waals surface area contributed by atoms with Crippen LogP contribution in [0.2, 0.25) is 0 Å².